The molecule has 0 radical (unpaired) electrons. The van der Waals surface area contributed by atoms with Crippen molar-refractivity contribution in [2.45, 2.75) is 20.3 Å². The normalized spacial score (nSPS) is 10.6. The van der Waals surface area contributed by atoms with Gasteiger partial charge in [0.25, 0.3) is 0 Å². The van der Waals surface area contributed by atoms with Gasteiger partial charge in [-0.3, -0.25) is 9.89 Å². The first-order chi connectivity index (χ1) is 6.26. The molecule has 0 aromatic carbocycles. The van der Waals surface area contributed by atoms with Gasteiger partial charge in [-0.15, -0.1) is 0 Å². The Kier molecular flexibility index (Phi) is 3.25. The minimum absolute atomic E-state index is 0.156. The van der Waals surface area contributed by atoms with Crippen LogP contribution in [0.4, 0.5) is 5.82 Å². The molecule has 1 heterocycles. The number of aromatic nitrogens is 2. The zero-order chi connectivity index (χ0) is 9.68. The molecule has 0 aliphatic carbocycles. The molecule has 13 heavy (non-hydrogen) atoms. The van der Waals surface area contributed by atoms with Crippen molar-refractivity contribution in [3.8, 4) is 0 Å². The van der Waals surface area contributed by atoms with E-state index in [2.05, 4.69) is 15.5 Å². The lowest BCUT2D eigenvalue weighted by Gasteiger charge is -1.93. The van der Waals surface area contributed by atoms with Gasteiger partial charge >= 0.3 is 0 Å². The van der Waals surface area contributed by atoms with Gasteiger partial charge in [0, 0.05) is 11.8 Å². The van der Waals surface area contributed by atoms with Crippen molar-refractivity contribution in [1.29, 1.82) is 0 Å². The summed E-state index contributed by atoms with van der Waals surface area (Å²) in [5.41, 5.74) is 1.01. The van der Waals surface area contributed by atoms with Gasteiger partial charge in [0.05, 0.1) is 0 Å². The number of amides is 1. The van der Waals surface area contributed by atoms with Gasteiger partial charge in [0.15, 0.2) is 5.82 Å². The molecule has 0 saturated carbocycles. The summed E-state index contributed by atoms with van der Waals surface area (Å²) in [6.07, 6.45) is 4.02. The Hall–Kier alpha value is -1.58. The maximum absolute atomic E-state index is 11.1. The van der Waals surface area contributed by atoms with Crippen molar-refractivity contribution in [3.63, 3.8) is 0 Å². The van der Waals surface area contributed by atoms with Crippen LogP contribution in [0.3, 0.4) is 0 Å². The molecule has 1 aromatic rings. The van der Waals surface area contributed by atoms with Crippen LogP contribution in [0.5, 0.6) is 0 Å². The van der Waals surface area contributed by atoms with Crippen LogP contribution in [-0.2, 0) is 11.2 Å². The predicted octanol–water partition coefficient (Wildman–Crippen LogP) is 1.49. The van der Waals surface area contributed by atoms with E-state index in [0.717, 1.165) is 12.1 Å². The lowest BCUT2D eigenvalue weighted by atomic mass is 10.3. The lowest BCUT2D eigenvalue weighted by molar-refractivity contribution is -0.111. The largest absolute Gasteiger partial charge is 0.306 e. The Morgan fingerprint density at radius 2 is 2.54 bits per heavy atom. The van der Waals surface area contributed by atoms with E-state index in [1.165, 1.54) is 6.08 Å². The van der Waals surface area contributed by atoms with Crippen LogP contribution >= 0.6 is 0 Å². The lowest BCUT2D eigenvalue weighted by Crippen LogP contribution is -2.07. The highest BCUT2D eigenvalue weighted by Gasteiger charge is 2.00. The predicted molar refractivity (Wildman–Crippen MR) is 51.4 cm³/mol. The molecular formula is C9H13N3O. The van der Waals surface area contributed by atoms with Crippen molar-refractivity contribution in [2.24, 2.45) is 0 Å². The van der Waals surface area contributed by atoms with E-state index in [4.69, 9.17) is 0 Å². The molecule has 2 N–H and O–H groups in total. The molecule has 0 aliphatic heterocycles. The number of aryl methyl sites for hydroxylation is 1. The van der Waals surface area contributed by atoms with E-state index in [1.807, 2.05) is 13.0 Å². The summed E-state index contributed by atoms with van der Waals surface area (Å²) in [6, 6.07) is 1.82. The molecule has 0 spiro atoms. The van der Waals surface area contributed by atoms with Gasteiger partial charge in [-0.2, -0.15) is 5.10 Å². The Morgan fingerprint density at radius 1 is 1.77 bits per heavy atom. The summed E-state index contributed by atoms with van der Waals surface area (Å²) >= 11 is 0. The van der Waals surface area contributed by atoms with E-state index in [1.54, 1.807) is 13.0 Å². The molecule has 4 heteroatoms. The summed E-state index contributed by atoms with van der Waals surface area (Å²) in [5, 5.41) is 9.36. The van der Waals surface area contributed by atoms with E-state index >= 15 is 0 Å². The van der Waals surface area contributed by atoms with Crippen molar-refractivity contribution < 1.29 is 4.79 Å². The third kappa shape index (κ3) is 2.74. The minimum Gasteiger partial charge on any atom is -0.306 e. The fraction of sp³-hybridized carbons (Fsp3) is 0.333. The van der Waals surface area contributed by atoms with Crippen molar-refractivity contribution in [3.05, 3.63) is 23.9 Å². The van der Waals surface area contributed by atoms with Crippen LogP contribution in [0, 0.1) is 0 Å². The molecular weight excluding hydrogens is 166 g/mol. The second kappa shape index (κ2) is 4.45. The number of nitrogens with one attached hydrogen (secondary N) is 2. The van der Waals surface area contributed by atoms with Crippen molar-refractivity contribution in [2.75, 3.05) is 5.32 Å². The maximum Gasteiger partial charge on any atom is 0.249 e. The number of anilines is 1. The molecule has 70 valence electrons. The Morgan fingerprint density at radius 3 is 3.08 bits per heavy atom. The van der Waals surface area contributed by atoms with Gasteiger partial charge in [-0.1, -0.05) is 13.0 Å². The average molecular weight is 179 g/mol. The van der Waals surface area contributed by atoms with Gasteiger partial charge in [-0.05, 0) is 19.4 Å². The van der Waals surface area contributed by atoms with E-state index < -0.39 is 0 Å². The summed E-state index contributed by atoms with van der Waals surface area (Å²) in [5.74, 6) is 0.414. The Labute approximate surface area is 77.0 Å². The number of rotatable bonds is 3. The Bertz CT molecular complexity index is 314. The second-order valence-corrected chi connectivity index (χ2v) is 2.62. The highest BCUT2D eigenvalue weighted by molar-refractivity contribution is 5.98. The van der Waals surface area contributed by atoms with Crippen LogP contribution in [0.15, 0.2) is 18.2 Å². The van der Waals surface area contributed by atoms with E-state index in [0.29, 0.717) is 5.82 Å². The number of hydrogen-bond acceptors (Lipinski definition) is 2. The van der Waals surface area contributed by atoms with Crippen LogP contribution in [0.2, 0.25) is 0 Å². The zero-order valence-electron chi connectivity index (χ0n) is 7.79. The molecule has 0 aliphatic rings. The number of carbonyl (C=O) groups excluding carboxylic acids is 1. The highest BCUT2D eigenvalue weighted by atomic mass is 16.1. The zero-order valence-corrected chi connectivity index (χ0v) is 7.79. The monoisotopic (exact) mass is 179 g/mol. The standard InChI is InChI=1S/C9H13N3O/c1-3-5-9(13)10-8-6-7(4-2)11-12-8/h3,5-6H,4H2,1-2H3,(H2,10,11,12,13)/b5-3+. The average Bonchev–Trinajstić information content (AvgIpc) is 2.52. The quantitative estimate of drug-likeness (QED) is 0.690. The summed E-state index contributed by atoms with van der Waals surface area (Å²) in [6.45, 7) is 3.81. The third-order valence-corrected chi connectivity index (χ3v) is 1.58. The summed E-state index contributed by atoms with van der Waals surface area (Å²) in [7, 11) is 0. The molecule has 0 unspecified atom stereocenters. The number of hydrogen-bond donors (Lipinski definition) is 2. The van der Waals surface area contributed by atoms with Crippen molar-refractivity contribution >= 4 is 11.7 Å². The maximum atomic E-state index is 11.1. The summed E-state index contributed by atoms with van der Waals surface area (Å²) in [4.78, 5) is 11.1. The number of aromatic amines is 1. The SMILES string of the molecule is C/C=C/C(=O)Nc1cc(CC)[nH]n1. The molecule has 4 nitrogen and oxygen atoms in total. The minimum atomic E-state index is -0.156. The first kappa shape index (κ1) is 9.51. The summed E-state index contributed by atoms with van der Waals surface area (Å²) < 4.78 is 0. The molecule has 0 fully saturated rings. The first-order valence-electron chi connectivity index (χ1n) is 4.24. The number of H-pyrrole nitrogens is 1. The van der Waals surface area contributed by atoms with Crippen LogP contribution in [0.1, 0.15) is 19.5 Å². The highest BCUT2D eigenvalue weighted by Crippen LogP contribution is 2.05. The second-order valence-electron chi connectivity index (χ2n) is 2.62. The molecule has 1 aromatic heterocycles. The smallest absolute Gasteiger partial charge is 0.249 e. The molecule has 0 bridgehead atoms. The van der Waals surface area contributed by atoms with E-state index in [9.17, 15) is 4.79 Å². The third-order valence-electron chi connectivity index (χ3n) is 1.58. The number of allylic oxidation sites excluding steroid dienone is 1. The molecule has 0 atom stereocenters. The van der Waals surface area contributed by atoms with Crippen molar-refractivity contribution in [1.82, 2.24) is 10.2 Å². The topological polar surface area (TPSA) is 57.8 Å². The van der Waals surface area contributed by atoms with Gasteiger partial charge < -0.3 is 5.32 Å². The molecule has 0 saturated heterocycles. The molecule has 1 amide bonds. The van der Waals surface area contributed by atoms with Gasteiger partial charge in [0.1, 0.15) is 0 Å². The Balaban J connectivity index is 2.58. The fourth-order valence-corrected chi connectivity index (χ4v) is 0.926. The van der Waals surface area contributed by atoms with Gasteiger partial charge in [0.2, 0.25) is 5.91 Å². The van der Waals surface area contributed by atoms with E-state index in [-0.39, 0.29) is 5.91 Å². The van der Waals surface area contributed by atoms with Crippen LogP contribution in [-0.4, -0.2) is 16.1 Å². The fourth-order valence-electron chi connectivity index (χ4n) is 0.926. The van der Waals surface area contributed by atoms with Crippen LogP contribution in [0.25, 0.3) is 0 Å². The number of nitrogens with zero attached hydrogens (tertiary/aromatic N) is 1. The molecule has 1 rings (SSSR count). The van der Waals surface area contributed by atoms with Gasteiger partial charge in [-0.25, -0.2) is 0 Å². The first-order valence-corrected chi connectivity index (χ1v) is 4.24. The van der Waals surface area contributed by atoms with Crippen LogP contribution < -0.4 is 5.32 Å². The number of carbonyl (C=O) groups is 1.